The summed E-state index contributed by atoms with van der Waals surface area (Å²) in [5, 5.41) is 7.14. The second-order valence-electron chi connectivity index (χ2n) is 3.44. The zero-order valence-electron chi connectivity index (χ0n) is 9.97. The molecule has 2 aromatic rings. The Morgan fingerprint density at radius 1 is 1.37 bits per heavy atom. The number of hydrogen-bond donors (Lipinski definition) is 1. The lowest BCUT2D eigenvalue weighted by molar-refractivity contribution is -0.0512. The highest BCUT2D eigenvalue weighted by Gasteiger charge is 2.11. The van der Waals surface area contributed by atoms with Gasteiger partial charge in [0.25, 0.3) is 0 Å². The van der Waals surface area contributed by atoms with E-state index in [0.717, 1.165) is 5.56 Å². The molecule has 5 nitrogen and oxygen atoms in total. The number of aromatic nitrogens is 3. The van der Waals surface area contributed by atoms with Crippen LogP contribution in [0, 0.1) is 0 Å². The van der Waals surface area contributed by atoms with E-state index in [1.54, 1.807) is 12.1 Å². The summed E-state index contributed by atoms with van der Waals surface area (Å²) in [6.45, 7) is -2.87. The molecule has 0 bridgehead atoms. The Kier molecular flexibility index (Phi) is 4.56. The summed E-state index contributed by atoms with van der Waals surface area (Å²) in [7, 11) is 1.40. The highest BCUT2D eigenvalue weighted by Crippen LogP contribution is 2.31. The number of alkyl halides is 2. The summed E-state index contributed by atoms with van der Waals surface area (Å²) in [6, 6.07) is 4.81. The van der Waals surface area contributed by atoms with Crippen molar-refractivity contribution < 1.29 is 18.3 Å². The summed E-state index contributed by atoms with van der Waals surface area (Å²) in [5.74, 6) is 0.905. The van der Waals surface area contributed by atoms with Crippen LogP contribution in [0.4, 0.5) is 8.78 Å². The van der Waals surface area contributed by atoms with Crippen LogP contribution in [0.15, 0.2) is 29.7 Å². The number of nitrogens with zero attached hydrogens (tertiary/aromatic N) is 2. The van der Waals surface area contributed by atoms with Gasteiger partial charge in [-0.1, -0.05) is 17.8 Å². The Hall–Kier alpha value is -1.83. The van der Waals surface area contributed by atoms with Crippen molar-refractivity contribution in [2.24, 2.45) is 0 Å². The lowest BCUT2D eigenvalue weighted by atomic mass is 10.2. The number of H-pyrrole nitrogens is 1. The molecule has 0 fully saturated rings. The van der Waals surface area contributed by atoms with Crippen LogP contribution in [0.2, 0.25) is 0 Å². The zero-order chi connectivity index (χ0) is 13.7. The number of thioether (sulfide) groups is 1. The molecule has 0 atom stereocenters. The highest BCUT2D eigenvalue weighted by molar-refractivity contribution is 7.98. The smallest absolute Gasteiger partial charge is 0.387 e. The molecule has 0 saturated heterocycles. The molecule has 0 saturated carbocycles. The van der Waals surface area contributed by atoms with E-state index in [2.05, 4.69) is 19.9 Å². The monoisotopic (exact) mass is 287 g/mol. The predicted octanol–water partition coefficient (Wildman–Crippen LogP) is 2.71. The molecule has 0 radical (unpaired) electrons. The fourth-order valence-electron chi connectivity index (χ4n) is 1.41. The molecule has 0 spiro atoms. The highest BCUT2D eigenvalue weighted by atomic mass is 32.2. The van der Waals surface area contributed by atoms with Gasteiger partial charge in [0.1, 0.15) is 6.33 Å². The summed E-state index contributed by atoms with van der Waals surface area (Å²) in [5.41, 5.74) is 0.903. The third-order valence-corrected chi connectivity index (χ3v) is 3.16. The predicted molar refractivity (Wildman–Crippen MR) is 65.6 cm³/mol. The molecule has 102 valence electrons. The van der Waals surface area contributed by atoms with Crippen molar-refractivity contribution in [3.05, 3.63) is 30.1 Å². The van der Waals surface area contributed by atoms with Gasteiger partial charge in [0, 0.05) is 5.75 Å². The molecule has 8 heteroatoms. The van der Waals surface area contributed by atoms with Crippen LogP contribution < -0.4 is 9.47 Å². The molecule has 1 heterocycles. The van der Waals surface area contributed by atoms with E-state index in [4.69, 9.17) is 4.74 Å². The van der Waals surface area contributed by atoms with Gasteiger partial charge in [0.15, 0.2) is 16.7 Å². The minimum atomic E-state index is -2.87. The number of rotatable bonds is 6. The van der Waals surface area contributed by atoms with Gasteiger partial charge in [0.05, 0.1) is 7.11 Å². The van der Waals surface area contributed by atoms with E-state index < -0.39 is 6.61 Å². The second-order valence-corrected chi connectivity index (χ2v) is 4.41. The summed E-state index contributed by atoms with van der Waals surface area (Å²) in [6.07, 6.45) is 1.42. The molecule has 2 rings (SSSR count). The zero-order valence-corrected chi connectivity index (χ0v) is 10.8. The number of nitrogens with one attached hydrogen (secondary N) is 1. The van der Waals surface area contributed by atoms with Gasteiger partial charge in [-0.25, -0.2) is 4.98 Å². The fraction of sp³-hybridized carbons (Fsp3) is 0.273. The normalized spacial score (nSPS) is 10.7. The molecule has 1 aromatic heterocycles. The third-order valence-electron chi connectivity index (χ3n) is 2.21. The topological polar surface area (TPSA) is 60.0 Å². The van der Waals surface area contributed by atoms with Gasteiger partial charge in [-0.2, -0.15) is 13.9 Å². The van der Waals surface area contributed by atoms with Crippen LogP contribution in [-0.4, -0.2) is 28.9 Å². The summed E-state index contributed by atoms with van der Waals surface area (Å²) >= 11 is 1.45. The van der Waals surface area contributed by atoms with Crippen molar-refractivity contribution in [3.8, 4) is 11.5 Å². The van der Waals surface area contributed by atoms with Crippen LogP contribution in [0.1, 0.15) is 5.56 Å². The number of benzene rings is 1. The molecule has 0 amide bonds. The van der Waals surface area contributed by atoms with Crippen LogP contribution in [0.3, 0.4) is 0 Å². The maximum Gasteiger partial charge on any atom is 0.387 e. The number of methoxy groups -OCH3 is 1. The number of halogens is 2. The van der Waals surface area contributed by atoms with E-state index in [0.29, 0.717) is 10.9 Å². The van der Waals surface area contributed by atoms with Gasteiger partial charge in [-0.05, 0) is 17.7 Å². The van der Waals surface area contributed by atoms with E-state index in [1.165, 1.54) is 31.3 Å². The first-order valence-corrected chi connectivity index (χ1v) is 6.27. The first-order valence-electron chi connectivity index (χ1n) is 5.29. The third kappa shape index (κ3) is 3.82. The van der Waals surface area contributed by atoms with Crippen molar-refractivity contribution in [3.63, 3.8) is 0 Å². The van der Waals surface area contributed by atoms with Crippen molar-refractivity contribution in [1.82, 2.24) is 15.2 Å². The summed E-state index contributed by atoms with van der Waals surface area (Å²) < 4.78 is 33.7. The van der Waals surface area contributed by atoms with E-state index in [9.17, 15) is 8.78 Å². The molecule has 0 aliphatic rings. The first-order chi connectivity index (χ1) is 9.19. The minimum absolute atomic E-state index is 0.0194. The Bertz CT molecular complexity index is 523. The van der Waals surface area contributed by atoms with Crippen LogP contribution in [0.5, 0.6) is 11.5 Å². The molecular weight excluding hydrogens is 276 g/mol. The van der Waals surface area contributed by atoms with E-state index in [1.807, 2.05) is 0 Å². The Balaban J connectivity index is 2.05. The number of ether oxygens (including phenoxy) is 2. The molecule has 19 heavy (non-hydrogen) atoms. The maximum atomic E-state index is 12.2. The van der Waals surface area contributed by atoms with Crippen LogP contribution in [0.25, 0.3) is 0 Å². The van der Waals surface area contributed by atoms with Crippen molar-refractivity contribution in [1.29, 1.82) is 0 Å². The van der Waals surface area contributed by atoms with Gasteiger partial charge in [-0.15, -0.1) is 0 Å². The molecule has 1 aromatic carbocycles. The standard InChI is InChI=1S/C11H11F2N3O2S/c1-17-9-4-7(2-3-8(9)18-10(12)13)5-19-11-14-6-15-16-11/h2-4,6,10H,5H2,1H3,(H,14,15,16). The Labute approximate surface area is 112 Å². The average molecular weight is 287 g/mol. The van der Waals surface area contributed by atoms with Crippen molar-refractivity contribution >= 4 is 11.8 Å². The Morgan fingerprint density at radius 3 is 2.84 bits per heavy atom. The fourth-order valence-corrected chi connectivity index (χ4v) is 2.13. The molecule has 0 aliphatic heterocycles. The van der Waals surface area contributed by atoms with Crippen molar-refractivity contribution in [2.45, 2.75) is 17.5 Å². The molecule has 0 aliphatic carbocycles. The molecule has 1 N–H and O–H groups in total. The quantitative estimate of drug-likeness (QED) is 0.828. The largest absolute Gasteiger partial charge is 0.493 e. The van der Waals surface area contributed by atoms with Crippen LogP contribution >= 0.6 is 11.8 Å². The average Bonchev–Trinajstić information content (AvgIpc) is 2.90. The Morgan fingerprint density at radius 2 is 2.21 bits per heavy atom. The molecular formula is C11H11F2N3O2S. The lowest BCUT2D eigenvalue weighted by Crippen LogP contribution is -2.03. The second kappa shape index (κ2) is 6.37. The van der Waals surface area contributed by atoms with Gasteiger partial charge >= 0.3 is 6.61 Å². The molecule has 0 unspecified atom stereocenters. The van der Waals surface area contributed by atoms with E-state index >= 15 is 0 Å². The van der Waals surface area contributed by atoms with E-state index in [-0.39, 0.29) is 11.5 Å². The number of aromatic amines is 1. The lowest BCUT2D eigenvalue weighted by Gasteiger charge is -2.11. The van der Waals surface area contributed by atoms with Gasteiger partial charge in [-0.3, -0.25) is 5.10 Å². The maximum absolute atomic E-state index is 12.2. The van der Waals surface area contributed by atoms with Gasteiger partial charge < -0.3 is 9.47 Å². The first kappa shape index (κ1) is 13.6. The summed E-state index contributed by atoms with van der Waals surface area (Å²) in [4.78, 5) is 3.97. The SMILES string of the molecule is COc1cc(CSc2ncn[nH]2)ccc1OC(F)F. The van der Waals surface area contributed by atoms with Gasteiger partial charge in [0.2, 0.25) is 0 Å². The number of hydrogen-bond acceptors (Lipinski definition) is 5. The van der Waals surface area contributed by atoms with Crippen molar-refractivity contribution in [2.75, 3.05) is 7.11 Å². The van der Waals surface area contributed by atoms with Crippen LogP contribution in [-0.2, 0) is 5.75 Å². The minimum Gasteiger partial charge on any atom is -0.493 e.